The van der Waals surface area contributed by atoms with Gasteiger partial charge in [-0.1, -0.05) is 70.4 Å². The van der Waals surface area contributed by atoms with Gasteiger partial charge >= 0.3 is 5.97 Å². The smallest absolute Gasteiger partial charge is 0.305 e. The van der Waals surface area contributed by atoms with Crippen molar-refractivity contribution in [3.63, 3.8) is 0 Å². The van der Waals surface area contributed by atoms with Crippen molar-refractivity contribution < 1.29 is 29.6 Å². The van der Waals surface area contributed by atoms with E-state index in [9.17, 15) is 20.1 Å². The lowest BCUT2D eigenvalue weighted by Crippen LogP contribution is -2.41. The van der Waals surface area contributed by atoms with Crippen LogP contribution in [0.1, 0.15) is 96.8 Å². The molecule has 1 rings (SSSR count). The molecule has 0 bridgehead atoms. The summed E-state index contributed by atoms with van der Waals surface area (Å²) in [4.78, 5) is 11.7. The van der Waals surface area contributed by atoms with Crippen molar-refractivity contribution in [1.82, 2.24) is 0 Å². The minimum atomic E-state index is -1.15. The van der Waals surface area contributed by atoms with Crippen molar-refractivity contribution in [2.45, 2.75) is 121 Å². The first-order valence-corrected chi connectivity index (χ1v) is 12.0. The zero-order chi connectivity index (χ0) is 22.0. The Morgan fingerprint density at radius 2 is 1.53 bits per heavy atom. The van der Waals surface area contributed by atoms with Gasteiger partial charge in [0.1, 0.15) is 31.0 Å². The number of carbonyl (C=O) groups is 1. The number of unbranched alkanes of at least 4 members (excludes halogenated alkanes) is 11. The van der Waals surface area contributed by atoms with Crippen LogP contribution in [0.15, 0.2) is 12.2 Å². The average molecular weight is 429 g/mol. The third-order valence-electron chi connectivity index (χ3n) is 5.63. The lowest BCUT2D eigenvalue weighted by Gasteiger charge is -2.20. The number of ether oxygens (including phenoxy) is 2. The van der Waals surface area contributed by atoms with Crippen LogP contribution in [0.2, 0.25) is 0 Å². The Labute approximate surface area is 182 Å². The molecule has 30 heavy (non-hydrogen) atoms. The van der Waals surface area contributed by atoms with Crippen LogP contribution in [-0.2, 0) is 14.3 Å². The van der Waals surface area contributed by atoms with Gasteiger partial charge in [0.05, 0.1) is 6.61 Å². The normalized spacial score (nSPS) is 22.6. The Morgan fingerprint density at radius 1 is 0.967 bits per heavy atom. The van der Waals surface area contributed by atoms with Crippen molar-refractivity contribution in [3.05, 3.63) is 12.2 Å². The molecule has 0 spiro atoms. The van der Waals surface area contributed by atoms with E-state index in [2.05, 4.69) is 19.1 Å². The Morgan fingerprint density at radius 3 is 2.10 bits per heavy atom. The van der Waals surface area contributed by atoms with Crippen molar-refractivity contribution >= 4 is 5.97 Å². The van der Waals surface area contributed by atoms with Crippen LogP contribution in [0, 0.1) is 0 Å². The first-order valence-electron chi connectivity index (χ1n) is 12.0. The zero-order valence-corrected chi connectivity index (χ0v) is 18.8. The summed E-state index contributed by atoms with van der Waals surface area (Å²) in [7, 11) is 0. The van der Waals surface area contributed by atoms with Gasteiger partial charge in [-0.2, -0.15) is 0 Å². The van der Waals surface area contributed by atoms with E-state index in [1.54, 1.807) is 0 Å². The molecule has 3 N–H and O–H groups in total. The number of hydrogen-bond acceptors (Lipinski definition) is 6. The summed E-state index contributed by atoms with van der Waals surface area (Å²) in [5, 5.41) is 29.0. The van der Waals surface area contributed by atoms with Crippen LogP contribution in [0.25, 0.3) is 0 Å². The van der Waals surface area contributed by atoms with E-state index in [0.717, 1.165) is 25.7 Å². The molecule has 176 valence electrons. The van der Waals surface area contributed by atoms with Gasteiger partial charge in [-0.05, 0) is 32.1 Å². The molecule has 1 saturated heterocycles. The Hall–Kier alpha value is -0.950. The molecule has 0 aromatic rings. The maximum absolute atomic E-state index is 11.7. The fraction of sp³-hybridized carbons (Fsp3) is 0.875. The molecule has 4 atom stereocenters. The van der Waals surface area contributed by atoms with Crippen molar-refractivity contribution in [2.75, 3.05) is 13.2 Å². The molecule has 6 heteroatoms. The molecular formula is C24H44O6. The summed E-state index contributed by atoms with van der Waals surface area (Å²) in [5.74, 6) is -0.347. The highest BCUT2D eigenvalue weighted by Crippen LogP contribution is 2.18. The number of allylic oxidation sites excluding steroid dienone is 2. The lowest BCUT2D eigenvalue weighted by molar-refractivity contribution is -0.151. The van der Waals surface area contributed by atoms with Crippen LogP contribution in [0.5, 0.6) is 0 Å². The maximum Gasteiger partial charge on any atom is 0.305 e. The molecule has 1 aliphatic rings. The third kappa shape index (κ3) is 12.7. The predicted molar refractivity (Wildman–Crippen MR) is 118 cm³/mol. The van der Waals surface area contributed by atoms with Crippen LogP contribution in [-0.4, -0.2) is 58.9 Å². The second kappa shape index (κ2) is 17.7. The highest BCUT2D eigenvalue weighted by atomic mass is 16.6. The molecule has 0 radical (unpaired) electrons. The van der Waals surface area contributed by atoms with Gasteiger partial charge < -0.3 is 24.8 Å². The number of carbonyl (C=O) groups excluding carboxylic acids is 1. The number of rotatable bonds is 18. The number of esters is 1. The van der Waals surface area contributed by atoms with Gasteiger partial charge in [-0.3, -0.25) is 4.79 Å². The van der Waals surface area contributed by atoms with E-state index in [1.165, 1.54) is 57.8 Å². The van der Waals surface area contributed by atoms with E-state index in [1.807, 2.05) is 0 Å². The average Bonchev–Trinajstić information content (AvgIpc) is 3.07. The Bertz CT molecular complexity index is 453. The second-order valence-corrected chi connectivity index (χ2v) is 8.44. The lowest BCUT2D eigenvalue weighted by atomic mass is 10.1. The fourth-order valence-corrected chi connectivity index (χ4v) is 3.65. The third-order valence-corrected chi connectivity index (χ3v) is 5.63. The highest BCUT2D eigenvalue weighted by Gasteiger charge is 2.39. The van der Waals surface area contributed by atoms with Crippen molar-refractivity contribution in [1.29, 1.82) is 0 Å². The van der Waals surface area contributed by atoms with Gasteiger partial charge in [0.25, 0.3) is 0 Å². The van der Waals surface area contributed by atoms with Crippen molar-refractivity contribution in [2.24, 2.45) is 0 Å². The van der Waals surface area contributed by atoms with Gasteiger partial charge in [0, 0.05) is 6.42 Å². The Kier molecular flexibility index (Phi) is 16.0. The van der Waals surface area contributed by atoms with Gasteiger partial charge in [-0.15, -0.1) is 0 Å². The largest absolute Gasteiger partial charge is 0.463 e. The van der Waals surface area contributed by atoms with Gasteiger partial charge in [-0.25, -0.2) is 0 Å². The predicted octanol–water partition coefficient (Wildman–Crippen LogP) is 4.05. The maximum atomic E-state index is 11.7. The monoisotopic (exact) mass is 428 g/mol. The summed E-state index contributed by atoms with van der Waals surface area (Å²) < 4.78 is 10.2. The summed E-state index contributed by atoms with van der Waals surface area (Å²) >= 11 is 0. The van der Waals surface area contributed by atoms with Crippen molar-refractivity contribution in [3.8, 4) is 0 Å². The SMILES string of the molecule is CCCCCCCC/C=C\CCCCCCCC(=O)OCC(O)C1OC[C@H](O)[C@H]1O. The van der Waals surface area contributed by atoms with Crippen LogP contribution >= 0.6 is 0 Å². The molecule has 1 fully saturated rings. The molecule has 0 aromatic carbocycles. The topological polar surface area (TPSA) is 96.2 Å². The first-order chi connectivity index (χ1) is 14.6. The zero-order valence-electron chi connectivity index (χ0n) is 18.8. The second-order valence-electron chi connectivity index (χ2n) is 8.44. The molecule has 6 nitrogen and oxygen atoms in total. The van der Waals surface area contributed by atoms with E-state index in [4.69, 9.17) is 9.47 Å². The highest BCUT2D eigenvalue weighted by molar-refractivity contribution is 5.69. The van der Waals surface area contributed by atoms with E-state index in [0.29, 0.717) is 6.42 Å². The summed E-state index contributed by atoms with van der Waals surface area (Å²) in [6.07, 6.45) is 16.5. The molecule has 1 heterocycles. The van der Waals surface area contributed by atoms with Crippen LogP contribution in [0.4, 0.5) is 0 Å². The molecule has 0 aromatic heterocycles. The number of aliphatic hydroxyl groups is 3. The minimum Gasteiger partial charge on any atom is -0.463 e. The molecule has 0 saturated carbocycles. The summed E-state index contributed by atoms with van der Waals surface area (Å²) in [6.45, 7) is 2.00. The fourth-order valence-electron chi connectivity index (χ4n) is 3.65. The molecular weight excluding hydrogens is 384 g/mol. The van der Waals surface area contributed by atoms with Gasteiger partial charge in [0.15, 0.2) is 0 Å². The van der Waals surface area contributed by atoms with Crippen LogP contribution < -0.4 is 0 Å². The number of hydrogen-bond donors (Lipinski definition) is 3. The molecule has 0 amide bonds. The standard InChI is InChI=1S/C24H44O6/c1-2-3-4-5-6-7-8-9-10-11-12-13-14-15-16-17-22(27)29-19-21(26)24-23(28)20(25)18-30-24/h9-10,20-21,23-26,28H,2-8,11-19H2,1H3/b10-9-/t20-,21?,23+,24?/m0/s1. The molecule has 0 aliphatic carbocycles. The Balaban J connectivity index is 1.87. The molecule has 1 aliphatic heterocycles. The first kappa shape index (κ1) is 27.1. The van der Waals surface area contributed by atoms with E-state index >= 15 is 0 Å². The number of aliphatic hydroxyl groups excluding tert-OH is 3. The van der Waals surface area contributed by atoms with Crippen LogP contribution in [0.3, 0.4) is 0 Å². The van der Waals surface area contributed by atoms with Gasteiger partial charge in [0.2, 0.25) is 0 Å². The quantitative estimate of drug-likeness (QED) is 0.173. The van der Waals surface area contributed by atoms with E-state index < -0.39 is 24.4 Å². The molecule has 2 unspecified atom stereocenters. The summed E-state index contributed by atoms with van der Waals surface area (Å²) in [6, 6.07) is 0. The summed E-state index contributed by atoms with van der Waals surface area (Å²) in [5.41, 5.74) is 0. The van der Waals surface area contributed by atoms with E-state index in [-0.39, 0.29) is 19.2 Å². The minimum absolute atomic E-state index is 0.0221.